The molecule has 1 aliphatic carbocycles. The number of hydrogen-bond acceptors (Lipinski definition) is 2. The minimum Gasteiger partial charge on any atom is -0.298 e. The Bertz CT molecular complexity index is 498. The second-order valence-electron chi connectivity index (χ2n) is 3.79. The van der Waals surface area contributed by atoms with Gasteiger partial charge in [-0.2, -0.15) is 0 Å². The molecule has 0 aromatic carbocycles. The van der Waals surface area contributed by atoms with Crippen molar-refractivity contribution in [3.63, 3.8) is 0 Å². The van der Waals surface area contributed by atoms with Gasteiger partial charge in [0.15, 0.2) is 0 Å². The second-order valence-corrected chi connectivity index (χ2v) is 4.20. The molecule has 0 radical (unpaired) electrons. The van der Waals surface area contributed by atoms with Crippen LogP contribution in [0.25, 0.3) is 0 Å². The van der Waals surface area contributed by atoms with Crippen LogP contribution < -0.4 is 5.69 Å². The quantitative estimate of drug-likeness (QED) is 0.613. The number of H-pyrrole nitrogens is 1. The van der Waals surface area contributed by atoms with Gasteiger partial charge < -0.3 is 0 Å². The zero-order chi connectivity index (χ0) is 10.8. The lowest BCUT2D eigenvalue weighted by atomic mass is 9.97. The number of aromatic nitrogens is 2. The maximum atomic E-state index is 11.7. The number of fused-ring (bicyclic) bond motifs is 1. The van der Waals surface area contributed by atoms with Crippen LogP contribution in [-0.4, -0.2) is 9.55 Å². The maximum absolute atomic E-state index is 11.7. The molecule has 80 valence electrons. The van der Waals surface area contributed by atoms with Gasteiger partial charge >= 0.3 is 5.69 Å². The lowest BCUT2D eigenvalue weighted by Crippen LogP contribution is -2.29. The van der Waals surface area contributed by atoms with Crippen molar-refractivity contribution in [2.45, 2.75) is 32.2 Å². The molecule has 1 aromatic rings. The van der Waals surface area contributed by atoms with Crippen molar-refractivity contribution in [1.82, 2.24) is 9.55 Å². The molecule has 1 aliphatic rings. The van der Waals surface area contributed by atoms with E-state index in [0.29, 0.717) is 11.2 Å². The first-order valence-electron chi connectivity index (χ1n) is 5.20. The van der Waals surface area contributed by atoms with E-state index in [2.05, 4.69) is 11.6 Å². The third-order valence-corrected chi connectivity index (χ3v) is 3.16. The first-order chi connectivity index (χ1) is 7.24. The molecule has 0 fully saturated rings. The topological polar surface area (TPSA) is 37.8 Å². The Labute approximate surface area is 93.5 Å². The van der Waals surface area contributed by atoms with E-state index in [1.165, 1.54) is 0 Å². The minimum atomic E-state index is -0.111. The molecule has 2 rings (SSSR count). The Hall–Kier alpha value is -1.16. The van der Waals surface area contributed by atoms with Crippen molar-refractivity contribution in [3.05, 3.63) is 39.0 Å². The van der Waals surface area contributed by atoms with Crippen molar-refractivity contribution in [2.75, 3.05) is 0 Å². The first-order valence-corrected chi connectivity index (χ1v) is 5.60. The van der Waals surface area contributed by atoms with Crippen LogP contribution >= 0.6 is 12.2 Å². The summed E-state index contributed by atoms with van der Waals surface area (Å²) >= 11 is 5.18. The molecule has 1 N–H and O–H groups in total. The van der Waals surface area contributed by atoms with E-state index in [0.717, 1.165) is 36.9 Å². The Balaban J connectivity index is 2.68. The Kier molecular flexibility index (Phi) is 2.86. The lowest BCUT2D eigenvalue weighted by Gasteiger charge is -2.19. The number of hydrogen-bond donors (Lipinski definition) is 1. The summed E-state index contributed by atoms with van der Waals surface area (Å²) in [5.41, 5.74) is 2.15. The first kappa shape index (κ1) is 10.4. The van der Waals surface area contributed by atoms with Crippen molar-refractivity contribution in [3.8, 4) is 0 Å². The van der Waals surface area contributed by atoms with Gasteiger partial charge in [0.05, 0.1) is 0 Å². The van der Waals surface area contributed by atoms with Gasteiger partial charge in [-0.05, 0) is 25.7 Å². The van der Waals surface area contributed by atoms with Crippen LogP contribution in [0.5, 0.6) is 0 Å². The zero-order valence-electron chi connectivity index (χ0n) is 8.58. The average Bonchev–Trinajstić information content (AvgIpc) is 2.24. The summed E-state index contributed by atoms with van der Waals surface area (Å²) in [5.74, 6) is 0. The summed E-state index contributed by atoms with van der Waals surface area (Å²) in [5, 5.41) is 0. The molecule has 0 amide bonds. The highest BCUT2D eigenvalue weighted by Crippen LogP contribution is 2.19. The van der Waals surface area contributed by atoms with Gasteiger partial charge in [0.2, 0.25) is 0 Å². The largest absolute Gasteiger partial charge is 0.327 e. The minimum absolute atomic E-state index is 0.111. The van der Waals surface area contributed by atoms with Crippen LogP contribution in [0.4, 0.5) is 0 Å². The van der Waals surface area contributed by atoms with Gasteiger partial charge in [0.1, 0.15) is 4.64 Å². The summed E-state index contributed by atoms with van der Waals surface area (Å²) in [6, 6.07) is 0. The van der Waals surface area contributed by atoms with Gasteiger partial charge in [0, 0.05) is 17.8 Å². The normalized spacial score (nSPS) is 14.7. The smallest absolute Gasteiger partial charge is 0.298 e. The molecule has 1 aromatic heterocycles. The highest BCUT2D eigenvalue weighted by molar-refractivity contribution is 7.71. The van der Waals surface area contributed by atoms with E-state index < -0.39 is 0 Å². The molecule has 0 saturated carbocycles. The molecule has 1 heterocycles. The van der Waals surface area contributed by atoms with E-state index in [4.69, 9.17) is 12.2 Å². The SMILES string of the molecule is C=CCn1c2c(c(=S)[nH]c1=O)CCCC2. The summed E-state index contributed by atoms with van der Waals surface area (Å²) in [7, 11) is 0. The maximum Gasteiger partial charge on any atom is 0.327 e. The van der Waals surface area contributed by atoms with E-state index in [1.807, 2.05) is 0 Å². The molecule has 3 nitrogen and oxygen atoms in total. The van der Waals surface area contributed by atoms with E-state index >= 15 is 0 Å². The second kappa shape index (κ2) is 4.14. The molecular formula is C11H14N2OS. The van der Waals surface area contributed by atoms with Crippen LogP contribution in [0, 0.1) is 4.64 Å². The van der Waals surface area contributed by atoms with Crippen molar-refractivity contribution >= 4 is 12.2 Å². The molecule has 0 saturated heterocycles. The Morgan fingerprint density at radius 3 is 2.93 bits per heavy atom. The van der Waals surface area contributed by atoms with Gasteiger partial charge in [0.25, 0.3) is 0 Å². The summed E-state index contributed by atoms with van der Waals surface area (Å²) in [4.78, 5) is 14.4. The Morgan fingerprint density at radius 1 is 1.47 bits per heavy atom. The Morgan fingerprint density at radius 2 is 2.20 bits per heavy atom. The van der Waals surface area contributed by atoms with Crippen molar-refractivity contribution in [2.24, 2.45) is 0 Å². The van der Waals surface area contributed by atoms with Gasteiger partial charge in [-0.15, -0.1) is 6.58 Å². The fraction of sp³-hybridized carbons (Fsp3) is 0.455. The van der Waals surface area contributed by atoms with E-state index in [1.54, 1.807) is 10.6 Å². The third-order valence-electron chi connectivity index (χ3n) is 2.82. The number of nitrogens with zero attached hydrogens (tertiary/aromatic N) is 1. The highest BCUT2D eigenvalue weighted by atomic mass is 32.1. The van der Waals surface area contributed by atoms with Gasteiger partial charge in [-0.1, -0.05) is 18.3 Å². The third kappa shape index (κ3) is 1.81. The summed E-state index contributed by atoms with van der Waals surface area (Å²) in [6.07, 6.45) is 5.99. The van der Waals surface area contributed by atoms with Crippen LogP contribution in [0.1, 0.15) is 24.1 Å². The molecule has 0 unspecified atom stereocenters. The predicted molar refractivity (Wildman–Crippen MR) is 62.7 cm³/mol. The van der Waals surface area contributed by atoms with Crippen molar-refractivity contribution < 1.29 is 0 Å². The highest BCUT2D eigenvalue weighted by Gasteiger charge is 2.15. The van der Waals surface area contributed by atoms with Gasteiger partial charge in [-0.25, -0.2) is 4.79 Å². The van der Waals surface area contributed by atoms with E-state index in [9.17, 15) is 4.79 Å². The molecule has 0 aliphatic heterocycles. The van der Waals surface area contributed by atoms with E-state index in [-0.39, 0.29) is 5.69 Å². The molecule has 4 heteroatoms. The average molecular weight is 222 g/mol. The fourth-order valence-corrected chi connectivity index (χ4v) is 2.42. The monoisotopic (exact) mass is 222 g/mol. The standard InChI is InChI=1S/C11H14N2OS/c1-2-7-13-9-6-4-3-5-8(9)10(15)12-11(13)14/h2H,1,3-7H2,(H,12,14,15). The number of aromatic amines is 1. The molecular weight excluding hydrogens is 208 g/mol. The van der Waals surface area contributed by atoms with Crippen LogP contribution in [-0.2, 0) is 19.4 Å². The molecule has 15 heavy (non-hydrogen) atoms. The van der Waals surface area contributed by atoms with Crippen molar-refractivity contribution in [1.29, 1.82) is 0 Å². The molecule has 0 spiro atoms. The fourth-order valence-electron chi connectivity index (χ4n) is 2.12. The van der Waals surface area contributed by atoms with Gasteiger partial charge in [-0.3, -0.25) is 9.55 Å². The zero-order valence-corrected chi connectivity index (χ0v) is 9.40. The van der Waals surface area contributed by atoms with Crippen LogP contribution in [0.2, 0.25) is 0 Å². The molecule has 0 atom stereocenters. The van der Waals surface area contributed by atoms with Crippen LogP contribution in [0.3, 0.4) is 0 Å². The summed E-state index contributed by atoms with van der Waals surface area (Å²) in [6.45, 7) is 4.23. The molecule has 0 bridgehead atoms. The lowest BCUT2D eigenvalue weighted by molar-refractivity contribution is 0.589. The van der Waals surface area contributed by atoms with Crippen LogP contribution in [0.15, 0.2) is 17.4 Å². The number of allylic oxidation sites excluding steroid dienone is 1. The summed E-state index contributed by atoms with van der Waals surface area (Å²) < 4.78 is 2.37. The number of rotatable bonds is 2. The number of nitrogens with one attached hydrogen (secondary N) is 1. The predicted octanol–water partition coefficient (Wildman–Crippen LogP) is 1.97.